The van der Waals surface area contributed by atoms with Crippen LogP contribution in [0.3, 0.4) is 0 Å². The number of carboxylic acids is 1. The topological polar surface area (TPSA) is 92.2 Å². The number of carboxylic acid groups (broad SMARTS) is 1. The summed E-state index contributed by atoms with van der Waals surface area (Å²) in [5, 5.41) is 11.3. The molecule has 2 rings (SSSR count). The summed E-state index contributed by atoms with van der Waals surface area (Å²) in [5.41, 5.74) is 0.716. The van der Waals surface area contributed by atoms with Gasteiger partial charge in [0.15, 0.2) is 0 Å². The highest BCUT2D eigenvalue weighted by molar-refractivity contribution is 9.10. The van der Waals surface area contributed by atoms with Crippen LogP contribution in [0, 0.1) is 0 Å². The predicted molar refractivity (Wildman–Crippen MR) is 71.1 cm³/mol. The van der Waals surface area contributed by atoms with Crippen molar-refractivity contribution in [3.63, 3.8) is 0 Å². The first kappa shape index (κ1) is 13.2. The van der Waals surface area contributed by atoms with Gasteiger partial charge < -0.3 is 10.4 Å². The number of hydrogen-bond donors (Lipinski definition) is 2. The Morgan fingerprint density at radius 2 is 2.00 bits per heavy atom. The smallest absolute Gasteiger partial charge is 0.354 e. The van der Waals surface area contributed by atoms with Crippen LogP contribution in [0.4, 0.5) is 5.69 Å². The minimum Gasteiger partial charge on any atom is -0.477 e. The third-order valence-electron chi connectivity index (χ3n) is 2.21. The van der Waals surface area contributed by atoms with Gasteiger partial charge in [0.05, 0.1) is 17.4 Å². The number of aromatic carboxylic acids is 1. The van der Waals surface area contributed by atoms with E-state index in [-0.39, 0.29) is 11.6 Å². The number of nitrogens with one attached hydrogen (secondary N) is 1. The predicted octanol–water partition coefficient (Wildman–Crippen LogP) is 2.19. The van der Waals surface area contributed by atoms with Crippen LogP contribution in [0.2, 0.25) is 0 Å². The third kappa shape index (κ3) is 3.35. The van der Waals surface area contributed by atoms with E-state index in [1.54, 1.807) is 12.3 Å². The number of amides is 1. The van der Waals surface area contributed by atoms with Gasteiger partial charge in [-0.05, 0) is 34.1 Å². The molecule has 2 N–H and O–H groups in total. The molecular weight excluding hydrogens is 314 g/mol. The molecule has 0 fully saturated rings. The second-order valence-electron chi connectivity index (χ2n) is 3.58. The third-order valence-corrected chi connectivity index (χ3v) is 2.64. The number of nitrogens with zero attached hydrogens (tertiary/aromatic N) is 2. The van der Waals surface area contributed by atoms with Gasteiger partial charge in [0, 0.05) is 16.9 Å². The van der Waals surface area contributed by atoms with Crippen LogP contribution in [-0.4, -0.2) is 27.0 Å². The van der Waals surface area contributed by atoms with E-state index in [4.69, 9.17) is 5.11 Å². The molecule has 0 saturated carbocycles. The monoisotopic (exact) mass is 321 g/mol. The van der Waals surface area contributed by atoms with Gasteiger partial charge in [-0.1, -0.05) is 0 Å². The second kappa shape index (κ2) is 5.57. The molecule has 2 heterocycles. The molecule has 0 atom stereocenters. The number of anilines is 1. The number of carbonyl (C=O) groups is 2. The zero-order valence-corrected chi connectivity index (χ0v) is 11.1. The number of halogens is 1. The van der Waals surface area contributed by atoms with Crippen LogP contribution in [0.25, 0.3) is 0 Å². The summed E-state index contributed by atoms with van der Waals surface area (Å²) in [6, 6.07) is 4.41. The van der Waals surface area contributed by atoms with Crippen molar-refractivity contribution in [1.82, 2.24) is 9.97 Å². The lowest BCUT2D eigenvalue weighted by Gasteiger charge is -2.05. The fourth-order valence-corrected chi connectivity index (χ4v) is 1.70. The number of rotatable bonds is 3. The molecule has 6 nitrogen and oxygen atoms in total. The van der Waals surface area contributed by atoms with Crippen molar-refractivity contribution in [3.05, 3.63) is 52.5 Å². The molecule has 0 aliphatic rings. The van der Waals surface area contributed by atoms with Crippen LogP contribution in [0.5, 0.6) is 0 Å². The minimum absolute atomic E-state index is 0.0814. The van der Waals surface area contributed by atoms with E-state index < -0.39 is 5.97 Å². The largest absolute Gasteiger partial charge is 0.477 e. The Kier molecular flexibility index (Phi) is 3.86. The lowest BCUT2D eigenvalue weighted by Crippen LogP contribution is -2.12. The first-order valence-corrected chi connectivity index (χ1v) is 5.97. The normalized spacial score (nSPS) is 9.95. The molecule has 0 spiro atoms. The summed E-state index contributed by atoms with van der Waals surface area (Å²) in [7, 11) is 0. The highest BCUT2D eigenvalue weighted by Crippen LogP contribution is 2.12. The zero-order chi connectivity index (χ0) is 13.8. The van der Waals surface area contributed by atoms with Gasteiger partial charge in [0.1, 0.15) is 5.69 Å². The maximum absolute atomic E-state index is 11.9. The molecule has 19 heavy (non-hydrogen) atoms. The fraction of sp³-hybridized carbons (Fsp3) is 0. The maximum atomic E-state index is 11.9. The zero-order valence-electron chi connectivity index (χ0n) is 9.50. The van der Waals surface area contributed by atoms with E-state index in [9.17, 15) is 9.59 Å². The molecule has 0 aromatic carbocycles. The van der Waals surface area contributed by atoms with Gasteiger partial charge >= 0.3 is 5.97 Å². The molecule has 0 bridgehead atoms. The molecule has 0 unspecified atom stereocenters. The van der Waals surface area contributed by atoms with E-state index in [0.717, 1.165) is 0 Å². The summed E-state index contributed by atoms with van der Waals surface area (Å²) >= 11 is 3.22. The van der Waals surface area contributed by atoms with Gasteiger partial charge in [-0.2, -0.15) is 0 Å². The van der Waals surface area contributed by atoms with Crippen LogP contribution in [0.1, 0.15) is 20.8 Å². The van der Waals surface area contributed by atoms with Crippen molar-refractivity contribution in [1.29, 1.82) is 0 Å². The molecule has 0 radical (unpaired) electrons. The second-order valence-corrected chi connectivity index (χ2v) is 4.50. The molecule has 1 amide bonds. The minimum atomic E-state index is -1.12. The number of carbonyl (C=O) groups excluding carboxylic acids is 1. The lowest BCUT2D eigenvalue weighted by molar-refractivity contribution is 0.0690. The van der Waals surface area contributed by atoms with Gasteiger partial charge in [-0.3, -0.25) is 9.78 Å². The SMILES string of the molecule is O=C(Nc1ccc(C(=O)O)nc1)c1cncc(Br)c1. The molecular formula is C12H8BrN3O3. The van der Waals surface area contributed by atoms with E-state index in [0.29, 0.717) is 15.7 Å². The quantitative estimate of drug-likeness (QED) is 0.904. The maximum Gasteiger partial charge on any atom is 0.354 e. The first-order chi connectivity index (χ1) is 9.06. The van der Waals surface area contributed by atoms with Crippen molar-refractivity contribution < 1.29 is 14.7 Å². The number of hydrogen-bond acceptors (Lipinski definition) is 4. The standard InChI is InChI=1S/C12H8BrN3O3/c13-8-3-7(4-14-5-8)11(17)16-9-1-2-10(12(18)19)15-6-9/h1-6H,(H,16,17)(H,18,19). The number of pyridine rings is 2. The van der Waals surface area contributed by atoms with Gasteiger partial charge in [-0.25, -0.2) is 9.78 Å². The average Bonchev–Trinajstić information content (AvgIpc) is 2.39. The van der Waals surface area contributed by atoms with Gasteiger partial charge in [0.25, 0.3) is 5.91 Å². The van der Waals surface area contributed by atoms with Crippen molar-refractivity contribution in [3.8, 4) is 0 Å². The molecule has 0 aliphatic carbocycles. The average molecular weight is 322 g/mol. The number of aromatic nitrogens is 2. The van der Waals surface area contributed by atoms with Crippen LogP contribution >= 0.6 is 15.9 Å². The lowest BCUT2D eigenvalue weighted by atomic mass is 10.2. The Morgan fingerprint density at radius 3 is 2.58 bits per heavy atom. The molecule has 96 valence electrons. The van der Waals surface area contributed by atoms with Crippen molar-refractivity contribution in [2.24, 2.45) is 0 Å². The van der Waals surface area contributed by atoms with Crippen molar-refractivity contribution >= 4 is 33.5 Å². The Morgan fingerprint density at radius 1 is 1.21 bits per heavy atom. The molecule has 0 aliphatic heterocycles. The molecule has 2 aromatic rings. The first-order valence-electron chi connectivity index (χ1n) is 5.17. The van der Waals surface area contributed by atoms with E-state index in [2.05, 4.69) is 31.2 Å². The summed E-state index contributed by atoms with van der Waals surface area (Å²) < 4.78 is 0.694. The van der Waals surface area contributed by atoms with Crippen molar-refractivity contribution in [2.45, 2.75) is 0 Å². The van der Waals surface area contributed by atoms with Gasteiger partial charge in [-0.15, -0.1) is 0 Å². The van der Waals surface area contributed by atoms with Crippen LogP contribution < -0.4 is 5.32 Å². The van der Waals surface area contributed by atoms with E-state index in [1.807, 2.05) is 0 Å². The van der Waals surface area contributed by atoms with Crippen LogP contribution in [0.15, 0.2) is 41.3 Å². The fourth-order valence-electron chi connectivity index (χ4n) is 1.33. The van der Waals surface area contributed by atoms with Crippen molar-refractivity contribution in [2.75, 3.05) is 5.32 Å². The summed E-state index contributed by atoms with van der Waals surface area (Å²) in [4.78, 5) is 30.1. The highest BCUT2D eigenvalue weighted by Gasteiger charge is 2.08. The Labute approximate surface area is 116 Å². The van der Waals surface area contributed by atoms with E-state index >= 15 is 0 Å². The summed E-state index contributed by atoms with van der Waals surface area (Å²) in [6.45, 7) is 0. The summed E-state index contributed by atoms with van der Waals surface area (Å²) in [5.74, 6) is -1.47. The highest BCUT2D eigenvalue weighted by atomic mass is 79.9. The molecule has 0 saturated heterocycles. The van der Waals surface area contributed by atoms with Crippen LogP contribution in [-0.2, 0) is 0 Å². The summed E-state index contributed by atoms with van der Waals surface area (Å²) in [6.07, 6.45) is 4.28. The Bertz CT molecular complexity index is 628. The molecule has 2 aromatic heterocycles. The van der Waals surface area contributed by atoms with E-state index in [1.165, 1.54) is 24.5 Å². The Hall–Kier alpha value is -2.28. The van der Waals surface area contributed by atoms with Gasteiger partial charge in [0.2, 0.25) is 0 Å². The Balaban J connectivity index is 2.13. The molecule has 7 heteroatoms.